The van der Waals surface area contributed by atoms with Crippen molar-refractivity contribution in [1.82, 2.24) is 15.1 Å². The average molecular weight is 341 g/mol. The predicted molar refractivity (Wildman–Crippen MR) is 84.8 cm³/mol. The van der Waals surface area contributed by atoms with Gasteiger partial charge in [0.05, 0.1) is 5.56 Å². The van der Waals surface area contributed by atoms with Gasteiger partial charge in [0.15, 0.2) is 0 Å². The van der Waals surface area contributed by atoms with Gasteiger partial charge in [0, 0.05) is 49.4 Å². The molecule has 1 aliphatic rings. The number of anilines is 1. The minimum atomic E-state index is -0.0849. The molecule has 0 aromatic heterocycles. The van der Waals surface area contributed by atoms with Gasteiger partial charge < -0.3 is 16.0 Å². The van der Waals surface area contributed by atoms with Gasteiger partial charge in [-0.2, -0.15) is 0 Å². The van der Waals surface area contributed by atoms with Crippen molar-refractivity contribution in [3.8, 4) is 0 Å². The second-order valence-corrected chi connectivity index (χ2v) is 5.99. The third-order valence-electron chi connectivity index (χ3n) is 3.54. The number of carbonyl (C=O) groups is 1. The summed E-state index contributed by atoms with van der Waals surface area (Å²) < 4.78 is 0.767. The molecule has 0 saturated carbocycles. The predicted octanol–water partition coefficient (Wildman–Crippen LogP) is 1.01. The average Bonchev–Trinajstić information content (AvgIpc) is 2.43. The van der Waals surface area contributed by atoms with Gasteiger partial charge in [-0.25, -0.2) is 0 Å². The number of likely N-dealkylation sites (N-methyl/N-ethyl adjacent to an activating group) is 1. The third-order valence-corrected chi connectivity index (χ3v) is 4.24. The number of hydrogen-bond acceptors (Lipinski definition) is 4. The van der Waals surface area contributed by atoms with Crippen LogP contribution in [0.2, 0.25) is 0 Å². The molecule has 1 aromatic rings. The van der Waals surface area contributed by atoms with Gasteiger partial charge in [-0.05, 0) is 41.2 Å². The lowest BCUT2D eigenvalue weighted by Crippen LogP contribution is -2.46. The van der Waals surface area contributed by atoms with Gasteiger partial charge in [-0.15, -0.1) is 0 Å². The first-order chi connectivity index (χ1) is 9.56. The SMILES string of the molecule is CN1CCN(CCNC(=O)c2cc(N)ccc2Br)CC1. The number of halogens is 1. The lowest BCUT2D eigenvalue weighted by molar-refractivity contribution is 0.0940. The van der Waals surface area contributed by atoms with Crippen LogP contribution in [0.5, 0.6) is 0 Å². The first-order valence-corrected chi connectivity index (χ1v) is 7.59. The molecule has 6 heteroatoms. The fourth-order valence-electron chi connectivity index (χ4n) is 2.21. The topological polar surface area (TPSA) is 61.6 Å². The van der Waals surface area contributed by atoms with Crippen LogP contribution < -0.4 is 11.1 Å². The maximum absolute atomic E-state index is 12.1. The highest BCUT2D eigenvalue weighted by Gasteiger charge is 2.14. The molecule has 1 aromatic carbocycles. The Morgan fingerprint density at radius 3 is 2.75 bits per heavy atom. The Labute approximate surface area is 128 Å². The molecule has 1 amide bonds. The Morgan fingerprint density at radius 1 is 1.35 bits per heavy atom. The number of piperazine rings is 1. The standard InChI is InChI=1S/C14H21BrN4O/c1-18-6-8-19(9-7-18)5-4-17-14(20)12-10-11(16)2-3-13(12)15/h2-3,10H,4-9,16H2,1H3,(H,17,20). The summed E-state index contributed by atoms with van der Waals surface area (Å²) in [6, 6.07) is 5.26. The molecule has 1 aliphatic heterocycles. The molecule has 0 radical (unpaired) electrons. The van der Waals surface area contributed by atoms with Crippen LogP contribution in [-0.4, -0.2) is 62.0 Å². The van der Waals surface area contributed by atoms with Crippen LogP contribution in [0, 0.1) is 0 Å². The maximum Gasteiger partial charge on any atom is 0.252 e. The Hall–Kier alpha value is -1.11. The van der Waals surface area contributed by atoms with Crippen molar-refractivity contribution in [2.45, 2.75) is 0 Å². The van der Waals surface area contributed by atoms with E-state index in [-0.39, 0.29) is 5.91 Å². The molecule has 20 heavy (non-hydrogen) atoms. The van der Waals surface area contributed by atoms with E-state index in [4.69, 9.17) is 5.73 Å². The fourth-order valence-corrected chi connectivity index (χ4v) is 2.64. The van der Waals surface area contributed by atoms with E-state index in [9.17, 15) is 4.79 Å². The molecule has 0 aliphatic carbocycles. The van der Waals surface area contributed by atoms with E-state index in [2.05, 4.69) is 38.1 Å². The summed E-state index contributed by atoms with van der Waals surface area (Å²) in [5.41, 5.74) is 6.89. The van der Waals surface area contributed by atoms with E-state index in [1.54, 1.807) is 18.2 Å². The number of nitrogens with one attached hydrogen (secondary N) is 1. The lowest BCUT2D eigenvalue weighted by Gasteiger charge is -2.32. The number of nitrogens with two attached hydrogens (primary N) is 1. The zero-order valence-corrected chi connectivity index (χ0v) is 13.3. The van der Waals surface area contributed by atoms with Crippen LogP contribution in [-0.2, 0) is 0 Å². The molecule has 110 valence electrons. The summed E-state index contributed by atoms with van der Waals surface area (Å²) in [5, 5.41) is 2.95. The molecule has 0 atom stereocenters. The number of benzene rings is 1. The van der Waals surface area contributed by atoms with Crippen LogP contribution in [0.15, 0.2) is 22.7 Å². The second kappa shape index (κ2) is 7.06. The molecule has 5 nitrogen and oxygen atoms in total. The molecular formula is C14H21BrN4O. The highest BCUT2D eigenvalue weighted by molar-refractivity contribution is 9.10. The molecule has 3 N–H and O–H groups in total. The minimum Gasteiger partial charge on any atom is -0.399 e. The highest BCUT2D eigenvalue weighted by Crippen LogP contribution is 2.19. The number of amides is 1. The quantitative estimate of drug-likeness (QED) is 0.803. The lowest BCUT2D eigenvalue weighted by atomic mass is 10.2. The van der Waals surface area contributed by atoms with Crippen molar-refractivity contribution in [3.05, 3.63) is 28.2 Å². The smallest absolute Gasteiger partial charge is 0.252 e. The summed E-state index contributed by atoms with van der Waals surface area (Å²) in [5.74, 6) is -0.0849. The van der Waals surface area contributed by atoms with Gasteiger partial charge >= 0.3 is 0 Å². The van der Waals surface area contributed by atoms with E-state index < -0.39 is 0 Å². The largest absolute Gasteiger partial charge is 0.399 e. The Balaban J connectivity index is 1.79. The van der Waals surface area contributed by atoms with E-state index in [0.717, 1.165) is 37.2 Å². The number of nitrogen functional groups attached to an aromatic ring is 1. The Kier molecular flexibility index (Phi) is 5.39. The summed E-state index contributed by atoms with van der Waals surface area (Å²) in [6.07, 6.45) is 0. The number of carbonyl (C=O) groups excluding carboxylic acids is 1. The Morgan fingerprint density at radius 2 is 2.05 bits per heavy atom. The van der Waals surface area contributed by atoms with Crippen molar-refractivity contribution >= 4 is 27.5 Å². The molecule has 1 fully saturated rings. The number of hydrogen-bond donors (Lipinski definition) is 2. The van der Waals surface area contributed by atoms with Gasteiger partial charge in [-0.3, -0.25) is 9.69 Å². The van der Waals surface area contributed by atoms with Gasteiger partial charge in [0.2, 0.25) is 0 Å². The Bertz CT molecular complexity index is 472. The van der Waals surface area contributed by atoms with E-state index in [1.165, 1.54) is 0 Å². The number of rotatable bonds is 4. The van der Waals surface area contributed by atoms with Gasteiger partial charge in [0.1, 0.15) is 0 Å². The zero-order chi connectivity index (χ0) is 14.5. The monoisotopic (exact) mass is 340 g/mol. The molecule has 0 bridgehead atoms. The van der Waals surface area contributed by atoms with E-state index in [0.29, 0.717) is 17.8 Å². The molecule has 1 saturated heterocycles. The molecule has 2 rings (SSSR count). The zero-order valence-electron chi connectivity index (χ0n) is 11.7. The van der Waals surface area contributed by atoms with Gasteiger partial charge in [-0.1, -0.05) is 0 Å². The minimum absolute atomic E-state index is 0.0849. The van der Waals surface area contributed by atoms with Crippen molar-refractivity contribution in [2.24, 2.45) is 0 Å². The van der Waals surface area contributed by atoms with Crippen LogP contribution in [0.4, 0.5) is 5.69 Å². The molecular weight excluding hydrogens is 320 g/mol. The maximum atomic E-state index is 12.1. The molecule has 0 spiro atoms. The first kappa shape index (κ1) is 15.3. The molecule has 0 unspecified atom stereocenters. The summed E-state index contributed by atoms with van der Waals surface area (Å²) in [6.45, 7) is 5.86. The normalized spacial score (nSPS) is 17.1. The fraction of sp³-hybridized carbons (Fsp3) is 0.500. The van der Waals surface area contributed by atoms with Crippen LogP contribution >= 0.6 is 15.9 Å². The summed E-state index contributed by atoms with van der Waals surface area (Å²) in [4.78, 5) is 16.8. The highest BCUT2D eigenvalue weighted by atomic mass is 79.9. The van der Waals surface area contributed by atoms with Crippen molar-refractivity contribution < 1.29 is 4.79 Å². The second-order valence-electron chi connectivity index (χ2n) is 5.14. The third kappa shape index (κ3) is 4.19. The summed E-state index contributed by atoms with van der Waals surface area (Å²) in [7, 11) is 2.14. The van der Waals surface area contributed by atoms with E-state index in [1.807, 2.05) is 0 Å². The van der Waals surface area contributed by atoms with Crippen LogP contribution in [0.25, 0.3) is 0 Å². The molecule has 1 heterocycles. The summed E-state index contributed by atoms with van der Waals surface area (Å²) >= 11 is 3.37. The van der Waals surface area contributed by atoms with E-state index >= 15 is 0 Å². The van der Waals surface area contributed by atoms with Crippen LogP contribution in [0.1, 0.15) is 10.4 Å². The first-order valence-electron chi connectivity index (χ1n) is 6.80. The van der Waals surface area contributed by atoms with Crippen molar-refractivity contribution in [3.63, 3.8) is 0 Å². The van der Waals surface area contributed by atoms with Crippen molar-refractivity contribution in [2.75, 3.05) is 52.0 Å². The van der Waals surface area contributed by atoms with Crippen molar-refractivity contribution in [1.29, 1.82) is 0 Å². The number of nitrogens with zero attached hydrogens (tertiary/aromatic N) is 2. The van der Waals surface area contributed by atoms with Crippen LogP contribution in [0.3, 0.4) is 0 Å². The van der Waals surface area contributed by atoms with Gasteiger partial charge in [0.25, 0.3) is 5.91 Å².